The predicted octanol–water partition coefficient (Wildman–Crippen LogP) is -1.61. The van der Waals surface area contributed by atoms with Gasteiger partial charge in [0.25, 0.3) is 5.91 Å². The van der Waals surface area contributed by atoms with Gasteiger partial charge in [0.05, 0.1) is 35.5 Å². The van der Waals surface area contributed by atoms with Crippen LogP contribution in [0.25, 0.3) is 0 Å². The molecule has 2 aromatic rings. The minimum absolute atomic E-state index is 0.0963. The molecule has 0 bridgehead atoms. The molecular formula is C25H23B4N3O5. The summed E-state index contributed by atoms with van der Waals surface area (Å²) < 4.78 is 11.5. The minimum atomic E-state index is -1.30. The van der Waals surface area contributed by atoms with Crippen LogP contribution in [0.15, 0.2) is 30.3 Å². The SMILES string of the molecule is [B]c1c(COc2cccc3c2CN(C2CCC(=O)NC2=O)C3=O)ccc(C([B])([B])N2CCOCC2)c1[B]. The molecule has 3 heterocycles. The summed E-state index contributed by atoms with van der Waals surface area (Å²) in [6, 6.07) is 8.01. The number of benzene rings is 2. The standard InChI is InChI=1S/C25H23B4N3O5/c26-21-14(4-5-17(22(21)27)25(28,29)31-8-10-36-11-9-31)13-37-19-3-1-2-15-16(19)12-32(24(15)35)18-6-7-20(33)30-23(18)34/h1-5,18H,6-13H2,(H,30,33,34). The van der Waals surface area contributed by atoms with Crippen molar-refractivity contribution in [1.29, 1.82) is 0 Å². The van der Waals surface area contributed by atoms with Gasteiger partial charge in [0, 0.05) is 30.6 Å². The zero-order valence-corrected chi connectivity index (χ0v) is 20.4. The number of piperidine rings is 1. The third kappa shape index (κ3) is 4.73. The van der Waals surface area contributed by atoms with Crippen LogP contribution >= 0.6 is 0 Å². The lowest BCUT2D eigenvalue weighted by molar-refractivity contribution is -0.136. The van der Waals surface area contributed by atoms with Gasteiger partial charge in [0.2, 0.25) is 11.8 Å². The molecule has 0 aliphatic carbocycles. The van der Waals surface area contributed by atoms with Crippen molar-refractivity contribution in [1.82, 2.24) is 15.1 Å². The molecule has 1 N–H and O–H groups in total. The molecule has 1 unspecified atom stereocenters. The first-order valence-corrected chi connectivity index (χ1v) is 12.2. The summed E-state index contributed by atoms with van der Waals surface area (Å²) in [5.74, 6) is -0.559. The lowest BCUT2D eigenvalue weighted by atomic mass is 9.53. The maximum Gasteiger partial charge on any atom is 0.255 e. The molecule has 2 fully saturated rings. The Bertz CT molecular complexity index is 1270. The summed E-state index contributed by atoms with van der Waals surface area (Å²) in [6.45, 7) is 2.51. The van der Waals surface area contributed by atoms with Crippen LogP contribution in [0.1, 0.15) is 39.9 Å². The molecule has 37 heavy (non-hydrogen) atoms. The highest BCUT2D eigenvalue weighted by Gasteiger charge is 2.40. The third-order valence-electron chi connectivity index (χ3n) is 7.27. The zero-order valence-electron chi connectivity index (χ0n) is 20.4. The molecule has 3 amide bonds. The Labute approximate surface area is 221 Å². The number of amides is 3. The van der Waals surface area contributed by atoms with E-state index in [0.717, 1.165) is 0 Å². The number of rotatable bonds is 6. The summed E-state index contributed by atoms with van der Waals surface area (Å²) >= 11 is 0. The molecule has 3 aliphatic heterocycles. The Morgan fingerprint density at radius 3 is 2.54 bits per heavy atom. The molecule has 0 aromatic heterocycles. The van der Waals surface area contributed by atoms with E-state index in [1.165, 1.54) is 4.90 Å². The summed E-state index contributed by atoms with van der Waals surface area (Å²) in [7, 11) is 25.6. The molecule has 12 heteroatoms. The van der Waals surface area contributed by atoms with Gasteiger partial charge >= 0.3 is 0 Å². The molecular weight excluding hydrogens is 466 g/mol. The topological polar surface area (TPSA) is 88.2 Å². The molecule has 8 radical (unpaired) electrons. The van der Waals surface area contributed by atoms with Gasteiger partial charge in [-0.05, 0) is 29.5 Å². The smallest absolute Gasteiger partial charge is 0.255 e. The first-order chi connectivity index (χ1) is 17.7. The number of hydrogen-bond acceptors (Lipinski definition) is 6. The average Bonchev–Trinajstić information content (AvgIpc) is 3.22. The van der Waals surface area contributed by atoms with Crippen LogP contribution in [0.4, 0.5) is 0 Å². The number of nitrogens with zero attached hydrogens (tertiary/aromatic N) is 2. The van der Waals surface area contributed by atoms with Gasteiger partial charge in [-0.15, -0.1) is 0 Å². The van der Waals surface area contributed by atoms with Crippen LogP contribution in [-0.2, 0) is 32.8 Å². The van der Waals surface area contributed by atoms with Crippen molar-refractivity contribution in [3.05, 3.63) is 52.6 Å². The highest BCUT2D eigenvalue weighted by molar-refractivity contribution is 6.52. The van der Waals surface area contributed by atoms with Crippen molar-refractivity contribution in [2.45, 2.75) is 37.4 Å². The van der Waals surface area contributed by atoms with Crippen molar-refractivity contribution < 1.29 is 23.9 Å². The highest BCUT2D eigenvalue weighted by atomic mass is 16.5. The Morgan fingerprint density at radius 2 is 1.81 bits per heavy atom. The second-order valence-corrected chi connectivity index (χ2v) is 9.50. The number of morpholine rings is 1. The van der Waals surface area contributed by atoms with Gasteiger partial charge in [0.1, 0.15) is 34.1 Å². The van der Waals surface area contributed by atoms with Crippen molar-refractivity contribution in [2.24, 2.45) is 0 Å². The van der Waals surface area contributed by atoms with Crippen molar-refractivity contribution in [3.63, 3.8) is 0 Å². The van der Waals surface area contributed by atoms with E-state index >= 15 is 0 Å². The fourth-order valence-corrected chi connectivity index (χ4v) is 5.11. The second kappa shape index (κ2) is 10.1. The van der Waals surface area contributed by atoms with E-state index in [1.54, 1.807) is 30.3 Å². The maximum atomic E-state index is 13.0. The largest absolute Gasteiger partial charge is 0.489 e. The number of ether oxygens (including phenoxy) is 2. The van der Waals surface area contributed by atoms with Crippen LogP contribution in [0.5, 0.6) is 5.75 Å². The lowest BCUT2D eigenvalue weighted by Crippen LogP contribution is -2.55. The van der Waals surface area contributed by atoms with E-state index in [4.69, 9.17) is 40.9 Å². The van der Waals surface area contributed by atoms with Gasteiger partial charge in [0.15, 0.2) is 0 Å². The monoisotopic (exact) mass is 489 g/mol. The van der Waals surface area contributed by atoms with E-state index in [2.05, 4.69) is 5.32 Å². The summed E-state index contributed by atoms with van der Waals surface area (Å²) in [4.78, 5) is 40.3. The molecule has 3 aliphatic rings. The van der Waals surface area contributed by atoms with Crippen LogP contribution in [0, 0.1) is 0 Å². The number of nitrogens with one attached hydrogen (secondary N) is 1. The van der Waals surface area contributed by atoms with Gasteiger partial charge in [-0.1, -0.05) is 34.7 Å². The van der Waals surface area contributed by atoms with Crippen LogP contribution in [-0.4, -0.2) is 91.3 Å². The maximum absolute atomic E-state index is 13.0. The fraction of sp³-hybridized carbons (Fsp3) is 0.400. The Morgan fingerprint density at radius 1 is 1.05 bits per heavy atom. The quantitative estimate of drug-likeness (QED) is 0.389. The summed E-state index contributed by atoms with van der Waals surface area (Å²) in [5.41, 5.74) is 2.90. The van der Waals surface area contributed by atoms with Gasteiger partial charge in [-0.2, -0.15) is 0 Å². The molecule has 2 saturated heterocycles. The second-order valence-electron chi connectivity index (χ2n) is 9.50. The summed E-state index contributed by atoms with van der Waals surface area (Å²) in [6.07, 6.45) is 0.478. The van der Waals surface area contributed by atoms with Crippen molar-refractivity contribution >= 4 is 60.0 Å². The molecule has 0 saturated carbocycles. The number of carbonyl (C=O) groups is 3. The van der Waals surface area contributed by atoms with E-state index in [9.17, 15) is 14.4 Å². The van der Waals surface area contributed by atoms with Crippen molar-refractivity contribution in [3.8, 4) is 5.75 Å². The average molecular weight is 489 g/mol. The fourth-order valence-electron chi connectivity index (χ4n) is 5.11. The molecule has 180 valence electrons. The van der Waals surface area contributed by atoms with Crippen molar-refractivity contribution in [2.75, 3.05) is 26.3 Å². The Hall–Kier alpha value is -2.97. The zero-order chi connectivity index (χ0) is 26.3. The highest BCUT2D eigenvalue weighted by Crippen LogP contribution is 2.34. The number of carbonyl (C=O) groups excluding carboxylic acids is 3. The molecule has 1 atom stereocenters. The predicted molar refractivity (Wildman–Crippen MR) is 140 cm³/mol. The van der Waals surface area contributed by atoms with Gasteiger partial charge < -0.3 is 19.3 Å². The number of fused-ring (bicyclic) bond motifs is 1. The first-order valence-electron chi connectivity index (χ1n) is 12.2. The lowest BCUT2D eigenvalue weighted by Gasteiger charge is -2.43. The third-order valence-corrected chi connectivity index (χ3v) is 7.27. The minimum Gasteiger partial charge on any atom is -0.489 e. The van der Waals surface area contributed by atoms with Gasteiger partial charge in [-0.3, -0.25) is 19.7 Å². The van der Waals surface area contributed by atoms with E-state index < -0.39 is 17.3 Å². The Balaban J connectivity index is 1.33. The number of hydrogen-bond donors (Lipinski definition) is 1. The van der Waals surface area contributed by atoms with E-state index in [-0.39, 0.29) is 43.3 Å². The first kappa shape index (κ1) is 25.7. The summed E-state index contributed by atoms with van der Waals surface area (Å²) in [5, 5.41) is 1.00. The Kier molecular flexibility index (Phi) is 6.98. The van der Waals surface area contributed by atoms with E-state index in [0.29, 0.717) is 59.8 Å². The molecule has 2 aromatic carbocycles. The molecule has 0 spiro atoms. The van der Waals surface area contributed by atoms with Crippen LogP contribution in [0.2, 0.25) is 0 Å². The van der Waals surface area contributed by atoms with E-state index in [1.807, 2.05) is 4.90 Å². The van der Waals surface area contributed by atoms with Crippen LogP contribution in [0.3, 0.4) is 0 Å². The number of imide groups is 1. The van der Waals surface area contributed by atoms with Gasteiger partial charge in [-0.25, -0.2) is 0 Å². The molecule has 8 nitrogen and oxygen atoms in total. The normalized spacial score (nSPS) is 20.6. The van der Waals surface area contributed by atoms with Crippen LogP contribution < -0.4 is 21.0 Å². The molecule has 5 rings (SSSR count).